The number of benzene rings is 3. The Morgan fingerprint density at radius 2 is 1.80 bits per heavy atom. The van der Waals surface area contributed by atoms with E-state index in [2.05, 4.69) is 0 Å². The number of nitrogens with zero attached hydrogens (tertiary/aromatic N) is 2. The molecule has 0 fully saturated rings. The van der Waals surface area contributed by atoms with E-state index < -0.39 is 12.0 Å². The van der Waals surface area contributed by atoms with Crippen LogP contribution in [-0.4, -0.2) is 29.5 Å². The molecule has 0 saturated heterocycles. The van der Waals surface area contributed by atoms with Gasteiger partial charge in [0.15, 0.2) is 6.61 Å². The normalized spacial score (nSPS) is 13.6. The van der Waals surface area contributed by atoms with Crippen LogP contribution in [0.1, 0.15) is 18.9 Å². The Balaban J connectivity index is 1.42. The van der Waals surface area contributed by atoms with E-state index >= 15 is 0 Å². The Hall–Kier alpha value is -3.97. The second-order valence-corrected chi connectivity index (χ2v) is 9.01. The predicted octanol–water partition coefficient (Wildman–Crippen LogP) is 5.72. The van der Waals surface area contributed by atoms with Crippen molar-refractivity contribution in [2.24, 2.45) is 0 Å². The first-order chi connectivity index (χ1) is 17.1. The third-order valence-corrected chi connectivity index (χ3v) is 6.74. The van der Waals surface area contributed by atoms with Gasteiger partial charge in [0.05, 0.1) is 11.4 Å². The zero-order valence-corrected chi connectivity index (χ0v) is 20.0. The molecule has 0 bridgehead atoms. The lowest BCUT2D eigenvalue weighted by Crippen LogP contribution is -2.49. The van der Waals surface area contributed by atoms with Crippen LogP contribution in [0.2, 0.25) is 0 Å². The number of carbonyl (C=O) groups excluding carboxylic acids is 2. The number of aromatic nitrogens is 1. The number of amides is 1. The van der Waals surface area contributed by atoms with Crippen LogP contribution >= 0.6 is 11.3 Å². The van der Waals surface area contributed by atoms with Crippen LogP contribution in [0.3, 0.4) is 0 Å². The van der Waals surface area contributed by atoms with Gasteiger partial charge in [-0.25, -0.2) is 9.78 Å². The lowest BCUT2D eigenvalue weighted by Gasteiger charge is -2.34. The highest BCUT2D eigenvalue weighted by Gasteiger charge is 2.36. The number of thiazole rings is 1. The number of hydrogen-bond donors (Lipinski definition) is 0. The first-order valence-electron chi connectivity index (χ1n) is 11.4. The van der Waals surface area contributed by atoms with Gasteiger partial charge < -0.3 is 9.47 Å². The van der Waals surface area contributed by atoms with Crippen molar-refractivity contribution in [3.63, 3.8) is 0 Å². The average molecular weight is 485 g/mol. The minimum atomic E-state index is -0.751. The van der Waals surface area contributed by atoms with Crippen molar-refractivity contribution in [2.45, 2.75) is 26.0 Å². The minimum Gasteiger partial charge on any atom is -0.482 e. The summed E-state index contributed by atoms with van der Waals surface area (Å²) in [5.41, 5.74) is 4.14. The molecule has 1 aliphatic rings. The molecule has 0 N–H and O–H groups in total. The summed E-state index contributed by atoms with van der Waals surface area (Å²) in [5.74, 6) is -0.162. The largest absolute Gasteiger partial charge is 0.482 e. The molecule has 4 aromatic rings. The van der Waals surface area contributed by atoms with Crippen LogP contribution in [0.5, 0.6) is 5.75 Å². The molecule has 1 atom stereocenters. The van der Waals surface area contributed by atoms with Crippen molar-refractivity contribution in [1.29, 1.82) is 0 Å². The van der Waals surface area contributed by atoms with Crippen LogP contribution in [0, 0.1) is 0 Å². The van der Waals surface area contributed by atoms with Gasteiger partial charge in [0.1, 0.15) is 23.4 Å². The summed E-state index contributed by atoms with van der Waals surface area (Å²) in [6.45, 7) is 1.90. The summed E-state index contributed by atoms with van der Waals surface area (Å²) in [6, 6.07) is 24.3. The number of fused-ring (bicyclic) bond motifs is 1. The second kappa shape index (κ2) is 10.1. The number of anilines is 1. The molecular weight excluding hydrogens is 460 g/mol. The number of rotatable bonds is 7. The van der Waals surface area contributed by atoms with Crippen molar-refractivity contribution >= 4 is 28.9 Å². The topological polar surface area (TPSA) is 68.7 Å². The highest BCUT2D eigenvalue weighted by atomic mass is 32.1. The first kappa shape index (κ1) is 22.8. The fourth-order valence-corrected chi connectivity index (χ4v) is 4.91. The smallest absolute Gasteiger partial charge is 0.329 e. The van der Waals surface area contributed by atoms with Crippen molar-refractivity contribution in [3.05, 3.63) is 89.8 Å². The number of hydrogen-bond acceptors (Lipinski definition) is 6. The monoisotopic (exact) mass is 484 g/mol. The molecule has 0 radical (unpaired) electrons. The molecular formula is C28H24N2O4S. The molecule has 1 amide bonds. The molecule has 2 heterocycles. The highest BCUT2D eigenvalue weighted by Crippen LogP contribution is 2.38. The van der Waals surface area contributed by atoms with Gasteiger partial charge >= 0.3 is 5.97 Å². The lowest BCUT2D eigenvalue weighted by molar-refractivity contribution is -0.148. The highest BCUT2D eigenvalue weighted by molar-refractivity contribution is 7.13. The minimum absolute atomic E-state index is 0.121. The molecule has 1 unspecified atom stereocenters. The molecule has 0 aliphatic carbocycles. The van der Waals surface area contributed by atoms with Gasteiger partial charge in [-0.05, 0) is 30.2 Å². The Morgan fingerprint density at radius 1 is 1.06 bits per heavy atom. The molecule has 6 nitrogen and oxygen atoms in total. The van der Waals surface area contributed by atoms with Crippen LogP contribution < -0.4 is 9.64 Å². The number of carbonyl (C=O) groups is 2. The SMILES string of the molecule is CCC(C(=O)OCc1ccccc1)N1C(=O)COc2ccc(-c3csc(-c4ccccc4)n3)cc21. The zero-order valence-electron chi connectivity index (χ0n) is 19.2. The third-order valence-electron chi connectivity index (χ3n) is 5.85. The van der Waals surface area contributed by atoms with E-state index in [1.54, 1.807) is 11.3 Å². The van der Waals surface area contributed by atoms with Crippen LogP contribution in [0.4, 0.5) is 5.69 Å². The Labute approximate surface area is 207 Å². The summed E-state index contributed by atoms with van der Waals surface area (Å²) in [5, 5.41) is 2.91. The van der Waals surface area contributed by atoms with E-state index in [1.807, 2.05) is 91.2 Å². The first-order valence-corrected chi connectivity index (χ1v) is 12.3. The summed E-state index contributed by atoms with van der Waals surface area (Å²) >= 11 is 1.56. The van der Waals surface area contributed by atoms with E-state index in [9.17, 15) is 9.59 Å². The molecule has 3 aromatic carbocycles. The maximum Gasteiger partial charge on any atom is 0.329 e. The van der Waals surface area contributed by atoms with Crippen LogP contribution in [0.25, 0.3) is 21.8 Å². The van der Waals surface area contributed by atoms with Crippen molar-refractivity contribution in [3.8, 4) is 27.6 Å². The van der Waals surface area contributed by atoms with Crippen molar-refractivity contribution in [1.82, 2.24) is 4.98 Å². The fraction of sp³-hybridized carbons (Fsp3) is 0.179. The quantitative estimate of drug-likeness (QED) is 0.314. The summed E-state index contributed by atoms with van der Waals surface area (Å²) in [6.07, 6.45) is 0.415. The van der Waals surface area contributed by atoms with Gasteiger partial charge in [-0.15, -0.1) is 11.3 Å². The van der Waals surface area contributed by atoms with Gasteiger partial charge in [-0.3, -0.25) is 9.69 Å². The van der Waals surface area contributed by atoms with Gasteiger partial charge in [0, 0.05) is 16.5 Å². The Kier molecular flexibility index (Phi) is 6.59. The van der Waals surface area contributed by atoms with Gasteiger partial charge in [0.2, 0.25) is 0 Å². The summed E-state index contributed by atoms with van der Waals surface area (Å²) in [4.78, 5) is 32.3. The maximum atomic E-state index is 13.0. The molecule has 5 rings (SSSR count). The van der Waals surface area contributed by atoms with Crippen molar-refractivity contribution < 1.29 is 19.1 Å². The standard InChI is InChI=1S/C28H24N2O4S/c1-2-23(28(32)34-16-19-9-5-3-6-10-19)30-24-15-21(13-14-25(24)33-17-26(30)31)22-18-35-27(29-22)20-11-7-4-8-12-20/h3-15,18,23H,2,16-17H2,1H3. The summed E-state index contributed by atoms with van der Waals surface area (Å²) < 4.78 is 11.3. The summed E-state index contributed by atoms with van der Waals surface area (Å²) in [7, 11) is 0. The van der Waals surface area contributed by atoms with E-state index in [1.165, 1.54) is 4.90 Å². The van der Waals surface area contributed by atoms with E-state index in [0.29, 0.717) is 17.9 Å². The van der Waals surface area contributed by atoms with E-state index in [0.717, 1.165) is 27.4 Å². The third kappa shape index (κ3) is 4.81. The molecule has 1 aromatic heterocycles. The van der Waals surface area contributed by atoms with Gasteiger partial charge in [-0.2, -0.15) is 0 Å². The molecule has 0 spiro atoms. The predicted molar refractivity (Wildman–Crippen MR) is 136 cm³/mol. The average Bonchev–Trinajstić information content (AvgIpc) is 3.40. The Morgan fingerprint density at radius 3 is 2.54 bits per heavy atom. The Bertz CT molecular complexity index is 1340. The molecule has 176 valence electrons. The van der Waals surface area contributed by atoms with Gasteiger partial charge in [0.25, 0.3) is 5.91 Å². The van der Waals surface area contributed by atoms with E-state index in [-0.39, 0.29) is 19.1 Å². The van der Waals surface area contributed by atoms with Crippen LogP contribution in [-0.2, 0) is 20.9 Å². The van der Waals surface area contributed by atoms with Crippen molar-refractivity contribution in [2.75, 3.05) is 11.5 Å². The number of ether oxygens (including phenoxy) is 2. The zero-order chi connectivity index (χ0) is 24.2. The molecule has 0 saturated carbocycles. The van der Waals surface area contributed by atoms with Crippen LogP contribution in [0.15, 0.2) is 84.2 Å². The molecule has 7 heteroatoms. The molecule has 35 heavy (non-hydrogen) atoms. The second-order valence-electron chi connectivity index (χ2n) is 8.16. The lowest BCUT2D eigenvalue weighted by atomic mass is 10.1. The maximum absolute atomic E-state index is 13.0. The number of esters is 1. The van der Waals surface area contributed by atoms with Gasteiger partial charge in [-0.1, -0.05) is 67.6 Å². The van der Waals surface area contributed by atoms with E-state index in [4.69, 9.17) is 14.5 Å². The fourth-order valence-electron chi connectivity index (χ4n) is 4.07. The molecule has 1 aliphatic heterocycles.